The Balaban J connectivity index is 1.56. The number of methoxy groups -OCH3 is 1. The molecule has 0 bridgehead atoms. The van der Waals surface area contributed by atoms with E-state index >= 15 is 0 Å². The van der Waals surface area contributed by atoms with Crippen molar-refractivity contribution in [2.45, 2.75) is 18.7 Å². The zero-order valence-corrected chi connectivity index (χ0v) is 17.7. The van der Waals surface area contributed by atoms with Gasteiger partial charge in [-0.05, 0) is 55.3 Å². The van der Waals surface area contributed by atoms with Gasteiger partial charge in [0.25, 0.3) is 5.91 Å². The minimum Gasteiger partial charge on any atom is -0.497 e. The van der Waals surface area contributed by atoms with E-state index in [1.165, 1.54) is 4.31 Å². The number of aryl methyl sites for hydroxylation is 2. The van der Waals surface area contributed by atoms with E-state index < -0.39 is 10.0 Å². The molecule has 7 nitrogen and oxygen atoms in total. The SMILES string of the molecule is COc1ccc(OCC(=O)N2CCN(S(=O)(=O)c3cc(C)ccc3C)CC2)cc1. The average Bonchev–Trinajstić information content (AvgIpc) is 2.74. The first-order chi connectivity index (χ1) is 13.8. The van der Waals surface area contributed by atoms with Crippen LogP contribution in [-0.2, 0) is 14.8 Å². The van der Waals surface area contributed by atoms with Crippen LogP contribution in [0.15, 0.2) is 47.4 Å². The first-order valence-corrected chi connectivity index (χ1v) is 10.9. The summed E-state index contributed by atoms with van der Waals surface area (Å²) >= 11 is 0. The second-order valence-corrected chi connectivity index (χ2v) is 8.92. The van der Waals surface area contributed by atoms with Crippen LogP contribution in [0, 0.1) is 13.8 Å². The predicted molar refractivity (Wildman–Crippen MR) is 110 cm³/mol. The van der Waals surface area contributed by atoms with E-state index in [1.54, 1.807) is 49.3 Å². The minimum atomic E-state index is -3.57. The number of hydrogen-bond donors (Lipinski definition) is 0. The van der Waals surface area contributed by atoms with E-state index in [9.17, 15) is 13.2 Å². The van der Waals surface area contributed by atoms with Crippen molar-refractivity contribution < 1.29 is 22.7 Å². The second-order valence-electron chi connectivity index (χ2n) is 7.02. The van der Waals surface area contributed by atoms with Crippen molar-refractivity contribution in [2.75, 3.05) is 39.9 Å². The lowest BCUT2D eigenvalue weighted by atomic mass is 10.2. The van der Waals surface area contributed by atoms with Crippen LogP contribution in [0.2, 0.25) is 0 Å². The third kappa shape index (κ3) is 4.89. The van der Waals surface area contributed by atoms with Crippen LogP contribution in [-0.4, -0.2) is 63.4 Å². The zero-order chi connectivity index (χ0) is 21.0. The van der Waals surface area contributed by atoms with Gasteiger partial charge in [0.1, 0.15) is 11.5 Å². The highest BCUT2D eigenvalue weighted by molar-refractivity contribution is 7.89. The molecule has 1 heterocycles. The van der Waals surface area contributed by atoms with E-state index in [0.717, 1.165) is 11.1 Å². The van der Waals surface area contributed by atoms with E-state index in [-0.39, 0.29) is 25.6 Å². The van der Waals surface area contributed by atoms with E-state index in [1.807, 2.05) is 19.1 Å². The second kappa shape index (κ2) is 8.84. The molecule has 0 N–H and O–H groups in total. The minimum absolute atomic E-state index is 0.0872. The monoisotopic (exact) mass is 418 g/mol. The molecule has 0 saturated carbocycles. The third-order valence-corrected chi connectivity index (χ3v) is 7.02. The Bertz CT molecular complexity index is 965. The fourth-order valence-electron chi connectivity index (χ4n) is 3.21. The van der Waals surface area contributed by atoms with Crippen molar-refractivity contribution in [3.63, 3.8) is 0 Å². The summed E-state index contributed by atoms with van der Waals surface area (Å²) in [4.78, 5) is 14.4. The maximum absolute atomic E-state index is 13.0. The Kier molecular flexibility index (Phi) is 6.44. The Morgan fingerprint density at radius 3 is 2.21 bits per heavy atom. The molecule has 2 aromatic carbocycles. The number of benzene rings is 2. The molecule has 0 unspecified atom stereocenters. The van der Waals surface area contributed by atoms with Gasteiger partial charge >= 0.3 is 0 Å². The summed E-state index contributed by atoms with van der Waals surface area (Å²) in [5, 5.41) is 0. The highest BCUT2D eigenvalue weighted by Gasteiger charge is 2.31. The summed E-state index contributed by atoms with van der Waals surface area (Å²) in [7, 11) is -1.99. The summed E-state index contributed by atoms with van der Waals surface area (Å²) in [6.45, 7) is 4.80. The number of sulfonamides is 1. The van der Waals surface area contributed by atoms with Gasteiger partial charge in [-0.3, -0.25) is 4.79 Å². The van der Waals surface area contributed by atoms with Gasteiger partial charge in [0.15, 0.2) is 6.61 Å². The fraction of sp³-hybridized carbons (Fsp3) is 0.381. The number of piperazine rings is 1. The highest BCUT2D eigenvalue weighted by atomic mass is 32.2. The van der Waals surface area contributed by atoms with E-state index in [0.29, 0.717) is 29.5 Å². The van der Waals surface area contributed by atoms with Gasteiger partial charge in [0.2, 0.25) is 10.0 Å². The predicted octanol–water partition coefficient (Wildman–Crippen LogP) is 2.22. The van der Waals surface area contributed by atoms with Crippen molar-refractivity contribution in [1.29, 1.82) is 0 Å². The maximum atomic E-state index is 13.0. The Labute approximate surface area is 171 Å². The average molecular weight is 419 g/mol. The molecule has 1 amide bonds. The number of hydrogen-bond acceptors (Lipinski definition) is 5. The molecular weight excluding hydrogens is 392 g/mol. The first kappa shape index (κ1) is 21.1. The number of amides is 1. The summed E-state index contributed by atoms with van der Waals surface area (Å²) in [5.41, 5.74) is 1.63. The van der Waals surface area contributed by atoms with Gasteiger partial charge in [-0.1, -0.05) is 12.1 Å². The number of ether oxygens (including phenoxy) is 2. The van der Waals surface area contributed by atoms with Crippen LogP contribution in [0.25, 0.3) is 0 Å². The topological polar surface area (TPSA) is 76.2 Å². The molecule has 3 rings (SSSR count). The first-order valence-electron chi connectivity index (χ1n) is 9.43. The molecule has 0 aliphatic carbocycles. The van der Waals surface area contributed by atoms with E-state index in [4.69, 9.17) is 9.47 Å². The van der Waals surface area contributed by atoms with Crippen molar-refractivity contribution in [2.24, 2.45) is 0 Å². The lowest BCUT2D eigenvalue weighted by Crippen LogP contribution is -2.51. The standard InChI is InChI=1S/C21H26N2O5S/c1-16-4-5-17(2)20(14-16)29(25,26)23-12-10-22(11-13-23)21(24)15-28-19-8-6-18(27-3)7-9-19/h4-9,14H,10-13,15H2,1-3H3. The number of rotatable bonds is 6. The van der Waals surface area contributed by atoms with Crippen LogP contribution in [0.3, 0.4) is 0 Å². The number of carbonyl (C=O) groups excluding carboxylic acids is 1. The van der Waals surface area contributed by atoms with Gasteiger partial charge in [-0.2, -0.15) is 4.31 Å². The normalized spacial score (nSPS) is 15.2. The Hall–Kier alpha value is -2.58. The molecule has 0 radical (unpaired) electrons. The molecular formula is C21H26N2O5S. The van der Waals surface area contributed by atoms with Gasteiger partial charge in [0, 0.05) is 26.2 Å². The summed E-state index contributed by atoms with van der Waals surface area (Å²) < 4.78 is 38.0. The Morgan fingerprint density at radius 1 is 0.966 bits per heavy atom. The molecule has 156 valence electrons. The largest absolute Gasteiger partial charge is 0.497 e. The quantitative estimate of drug-likeness (QED) is 0.719. The van der Waals surface area contributed by atoms with Crippen LogP contribution < -0.4 is 9.47 Å². The van der Waals surface area contributed by atoms with Gasteiger partial charge in [0.05, 0.1) is 12.0 Å². The molecule has 8 heteroatoms. The smallest absolute Gasteiger partial charge is 0.260 e. The van der Waals surface area contributed by atoms with Crippen LogP contribution in [0.5, 0.6) is 11.5 Å². The summed E-state index contributed by atoms with van der Waals surface area (Å²) in [6.07, 6.45) is 0. The van der Waals surface area contributed by atoms with Crippen LogP contribution in [0.1, 0.15) is 11.1 Å². The maximum Gasteiger partial charge on any atom is 0.260 e. The number of nitrogens with zero attached hydrogens (tertiary/aromatic N) is 2. The van der Waals surface area contributed by atoms with Gasteiger partial charge < -0.3 is 14.4 Å². The molecule has 29 heavy (non-hydrogen) atoms. The molecule has 0 atom stereocenters. The molecule has 0 spiro atoms. The molecule has 1 aliphatic rings. The van der Waals surface area contributed by atoms with Crippen molar-refractivity contribution in [3.8, 4) is 11.5 Å². The fourth-order valence-corrected chi connectivity index (χ4v) is 4.94. The summed E-state index contributed by atoms with van der Waals surface area (Å²) in [6, 6.07) is 12.4. The van der Waals surface area contributed by atoms with E-state index in [2.05, 4.69) is 0 Å². The summed E-state index contributed by atoms with van der Waals surface area (Å²) in [5.74, 6) is 1.13. The van der Waals surface area contributed by atoms with Crippen LogP contribution in [0.4, 0.5) is 0 Å². The van der Waals surface area contributed by atoms with Crippen molar-refractivity contribution in [3.05, 3.63) is 53.6 Å². The zero-order valence-electron chi connectivity index (χ0n) is 16.9. The molecule has 1 aliphatic heterocycles. The Morgan fingerprint density at radius 2 is 1.59 bits per heavy atom. The lowest BCUT2D eigenvalue weighted by molar-refractivity contribution is -0.134. The molecule has 1 saturated heterocycles. The lowest BCUT2D eigenvalue weighted by Gasteiger charge is -2.34. The molecule has 2 aromatic rings. The molecule has 1 fully saturated rings. The van der Waals surface area contributed by atoms with Gasteiger partial charge in [-0.25, -0.2) is 8.42 Å². The third-order valence-electron chi connectivity index (χ3n) is 4.97. The molecule has 0 aromatic heterocycles. The van der Waals surface area contributed by atoms with Crippen molar-refractivity contribution in [1.82, 2.24) is 9.21 Å². The number of carbonyl (C=O) groups is 1. The van der Waals surface area contributed by atoms with Crippen LogP contribution >= 0.6 is 0 Å². The highest BCUT2D eigenvalue weighted by Crippen LogP contribution is 2.22. The van der Waals surface area contributed by atoms with Gasteiger partial charge in [-0.15, -0.1) is 0 Å². The van der Waals surface area contributed by atoms with Crippen molar-refractivity contribution >= 4 is 15.9 Å².